The maximum absolute atomic E-state index is 12.6. The van der Waals surface area contributed by atoms with Crippen LogP contribution in [0, 0.1) is 0 Å². The molecule has 1 atom stereocenters. The zero-order valence-electron chi connectivity index (χ0n) is 18.4. The predicted molar refractivity (Wildman–Crippen MR) is 126 cm³/mol. The average Bonchev–Trinajstić information content (AvgIpc) is 3.16. The van der Waals surface area contributed by atoms with Gasteiger partial charge in [-0.15, -0.1) is 0 Å². The van der Waals surface area contributed by atoms with Crippen molar-refractivity contribution >= 4 is 28.0 Å². The first-order valence-electron chi connectivity index (χ1n) is 10.7. The lowest BCUT2D eigenvalue weighted by Crippen LogP contribution is -2.49. The summed E-state index contributed by atoms with van der Waals surface area (Å²) in [5.74, 6) is -2.83. The Labute approximate surface area is 201 Å². The summed E-state index contributed by atoms with van der Waals surface area (Å²) in [6, 6.07) is 20.9. The molecule has 0 spiro atoms. The highest BCUT2D eigenvalue weighted by atomic mass is 32.2. The standard InChI is InChI=1S/C25H22N2O7S/c28-23(29)14-22(24(30)27-35(32,33)16-8-2-1-3-9-16)26-25(31)34-15-21-19-12-6-4-10-17(19)18-11-5-7-13-20(18)21/h1-13,21-22H,14-15H2,(H,26,31)(H,27,30)(H,28,29). The molecule has 4 rings (SSSR count). The topological polar surface area (TPSA) is 139 Å². The molecule has 0 fully saturated rings. The first kappa shape index (κ1) is 24.0. The Hall–Kier alpha value is -4.18. The van der Waals surface area contributed by atoms with Gasteiger partial charge in [0.25, 0.3) is 15.9 Å². The van der Waals surface area contributed by atoms with Crippen LogP contribution in [0.5, 0.6) is 0 Å². The van der Waals surface area contributed by atoms with Crippen LogP contribution in [-0.2, 0) is 24.3 Å². The highest BCUT2D eigenvalue weighted by Gasteiger charge is 2.31. The van der Waals surface area contributed by atoms with Crippen molar-refractivity contribution in [3.63, 3.8) is 0 Å². The highest BCUT2D eigenvalue weighted by molar-refractivity contribution is 7.90. The number of carbonyl (C=O) groups excluding carboxylic acids is 2. The molecule has 10 heteroatoms. The Morgan fingerprint density at radius 3 is 1.97 bits per heavy atom. The van der Waals surface area contributed by atoms with E-state index in [1.165, 1.54) is 24.3 Å². The Balaban J connectivity index is 1.44. The van der Waals surface area contributed by atoms with Crippen LogP contribution in [0.1, 0.15) is 23.5 Å². The molecule has 35 heavy (non-hydrogen) atoms. The largest absolute Gasteiger partial charge is 0.481 e. The van der Waals surface area contributed by atoms with Crippen molar-refractivity contribution in [2.75, 3.05) is 6.61 Å². The third kappa shape index (κ3) is 5.33. The van der Waals surface area contributed by atoms with Crippen molar-refractivity contribution in [2.45, 2.75) is 23.3 Å². The number of hydrogen-bond acceptors (Lipinski definition) is 6. The first-order valence-corrected chi connectivity index (χ1v) is 12.2. The summed E-state index contributed by atoms with van der Waals surface area (Å²) in [5, 5.41) is 11.3. The number of fused-ring (bicyclic) bond motifs is 3. The molecule has 3 N–H and O–H groups in total. The molecule has 0 saturated carbocycles. The SMILES string of the molecule is O=C(O)CC(NC(=O)OCC1c2ccccc2-c2ccccc21)C(=O)NS(=O)(=O)c1ccccc1. The Kier molecular flexibility index (Phi) is 6.83. The van der Waals surface area contributed by atoms with Gasteiger partial charge in [-0.2, -0.15) is 0 Å². The van der Waals surface area contributed by atoms with E-state index in [1.807, 2.05) is 48.5 Å². The Bertz CT molecular complexity index is 1330. The van der Waals surface area contributed by atoms with Crippen LogP contribution in [0.25, 0.3) is 11.1 Å². The number of alkyl carbamates (subject to hydrolysis) is 1. The third-order valence-corrected chi connectivity index (χ3v) is 6.98. The lowest BCUT2D eigenvalue weighted by molar-refractivity contribution is -0.139. The second-order valence-corrected chi connectivity index (χ2v) is 9.59. The van der Waals surface area contributed by atoms with Crippen molar-refractivity contribution in [2.24, 2.45) is 0 Å². The van der Waals surface area contributed by atoms with E-state index >= 15 is 0 Å². The average molecular weight is 495 g/mol. The molecule has 1 aliphatic rings. The summed E-state index contributed by atoms with van der Waals surface area (Å²) in [6.07, 6.45) is -1.87. The quantitative estimate of drug-likeness (QED) is 0.438. The van der Waals surface area contributed by atoms with E-state index in [9.17, 15) is 22.8 Å². The van der Waals surface area contributed by atoms with Crippen molar-refractivity contribution in [3.05, 3.63) is 90.0 Å². The fourth-order valence-electron chi connectivity index (χ4n) is 4.03. The molecule has 2 amide bonds. The Morgan fingerprint density at radius 1 is 0.857 bits per heavy atom. The van der Waals surface area contributed by atoms with Gasteiger partial charge < -0.3 is 15.2 Å². The molecule has 1 aliphatic carbocycles. The molecule has 0 saturated heterocycles. The zero-order chi connectivity index (χ0) is 25.0. The molecule has 1 unspecified atom stereocenters. The van der Waals surface area contributed by atoms with Gasteiger partial charge in [-0.1, -0.05) is 66.7 Å². The first-order chi connectivity index (χ1) is 16.8. The maximum atomic E-state index is 12.6. The number of amides is 2. The van der Waals surface area contributed by atoms with Crippen LogP contribution in [0.2, 0.25) is 0 Å². The number of nitrogens with one attached hydrogen (secondary N) is 2. The van der Waals surface area contributed by atoms with E-state index in [0.29, 0.717) is 0 Å². The predicted octanol–water partition coefficient (Wildman–Crippen LogP) is 2.87. The van der Waals surface area contributed by atoms with Crippen molar-refractivity contribution < 1.29 is 32.6 Å². The van der Waals surface area contributed by atoms with Crippen molar-refractivity contribution in [1.29, 1.82) is 0 Å². The van der Waals surface area contributed by atoms with Gasteiger partial charge in [0.1, 0.15) is 12.6 Å². The minimum Gasteiger partial charge on any atom is -0.481 e. The molecular weight excluding hydrogens is 472 g/mol. The molecule has 0 aromatic heterocycles. The van der Waals surface area contributed by atoms with Gasteiger partial charge in [-0.25, -0.2) is 17.9 Å². The summed E-state index contributed by atoms with van der Waals surface area (Å²) in [5.41, 5.74) is 4.03. The summed E-state index contributed by atoms with van der Waals surface area (Å²) < 4.78 is 32.0. The lowest BCUT2D eigenvalue weighted by atomic mass is 9.98. The van der Waals surface area contributed by atoms with E-state index in [2.05, 4.69) is 5.32 Å². The molecule has 0 bridgehead atoms. The van der Waals surface area contributed by atoms with Gasteiger partial charge in [0, 0.05) is 5.92 Å². The zero-order valence-corrected chi connectivity index (χ0v) is 19.2. The molecular formula is C25H22N2O7S. The second-order valence-electron chi connectivity index (χ2n) is 7.90. The molecule has 9 nitrogen and oxygen atoms in total. The minimum absolute atomic E-state index is 0.0520. The highest BCUT2D eigenvalue weighted by Crippen LogP contribution is 2.44. The van der Waals surface area contributed by atoms with E-state index < -0.39 is 40.5 Å². The molecule has 3 aromatic carbocycles. The normalized spacial score (nSPS) is 13.3. The summed E-state index contributed by atoms with van der Waals surface area (Å²) in [6.45, 7) is -0.0520. The van der Waals surface area contributed by atoms with E-state index in [1.54, 1.807) is 10.8 Å². The second kappa shape index (κ2) is 9.98. The van der Waals surface area contributed by atoms with Gasteiger partial charge in [-0.05, 0) is 34.4 Å². The van der Waals surface area contributed by atoms with Gasteiger partial charge in [0.15, 0.2) is 0 Å². The number of sulfonamides is 1. The van der Waals surface area contributed by atoms with Gasteiger partial charge in [-0.3, -0.25) is 9.59 Å². The summed E-state index contributed by atoms with van der Waals surface area (Å²) in [4.78, 5) is 36.1. The van der Waals surface area contributed by atoms with Gasteiger partial charge >= 0.3 is 12.1 Å². The number of carboxylic acids is 1. The minimum atomic E-state index is -4.25. The third-order valence-electron chi connectivity index (χ3n) is 5.62. The fraction of sp³-hybridized carbons (Fsp3) is 0.160. The fourth-order valence-corrected chi connectivity index (χ4v) is 5.07. The number of carboxylic acid groups (broad SMARTS) is 1. The Morgan fingerprint density at radius 2 is 1.40 bits per heavy atom. The smallest absolute Gasteiger partial charge is 0.407 e. The molecule has 180 valence electrons. The van der Waals surface area contributed by atoms with E-state index in [0.717, 1.165) is 22.3 Å². The van der Waals surface area contributed by atoms with Crippen LogP contribution in [0.3, 0.4) is 0 Å². The van der Waals surface area contributed by atoms with Crippen molar-refractivity contribution in [3.8, 4) is 11.1 Å². The lowest BCUT2D eigenvalue weighted by Gasteiger charge is -2.18. The summed E-state index contributed by atoms with van der Waals surface area (Å²) >= 11 is 0. The van der Waals surface area contributed by atoms with Crippen molar-refractivity contribution in [1.82, 2.24) is 10.0 Å². The number of hydrogen-bond donors (Lipinski definition) is 3. The van der Waals surface area contributed by atoms with Crippen LogP contribution in [0.4, 0.5) is 4.79 Å². The van der Waals surface area contributed by atoms with E-state index in [4.69, 9.17) is 9.84 Å². The van der Waals surface area contributed by atoms with Crippen LogP contribution < -0.4 is 10.0 Å². The van der Waals surface area contributed by atoms with Gasteiger partial charge in [0.05, 0.1) is 11.3 Å². The number of aliphatic carboxylic acids is 1. The molecule has 0 radical (unpaired) electrons. The molecule has 0 aliphatic heterocycles. The number of carbonyl (C=O) groups is 3. The van der Waals surface area contributed by atoms with Crippen LogP contribution in [0.15, 0.2) is 83.8 Å². The summed E-state index contributed by atoms with van der Waals surface area (Å²) in [7, 11) is -4.25. The van der Waals surface area contributed by atoms with Crippen LogP contribution >= 0.6 is 0 Å². The molecule has 3 aromatic rings. The monoisotopic (exact) mass is 494 g/mol. The maximum Gasteiger partial charge on any atom is 0.407 e. The number of ether oxygens (including phenoxy) is 1. The number of rotatable bonds is 8. The van der Waals surface area contributed by atoms with E-state index in [-0.39, 0.29) is 17.4 Å². The van der Waals surface area contributed by atoms with Gasteiger partial charge in [0.2, 0.25) is 0 Å². The van der Waals surface area contributed by atoms with Crippen LogP contribution in [-0.4, -0.2) is 44.1 Å². The molecule has 0 heterocycles. The number of benzene rings is 3.